The van der Waals surface area contributed by atoms with E-state index in [0.717, 1.165) is 106 Å². The fourth-order valence-corrected chi connectivity index (χ4v) is 9.56. The van der Waals surface area contributed by atoms with E-state index in [4.69, 9.17) is 21.3 Å². The van der Waals surface area contributed by atoms with Gasteiger partial charge in [-0.3, -0.25) is 43.6 Å². The normalized spacial score (nSPS) is 18.1. The second-order valence-corrected chi connectivity index (χ2v) is 16.6. The summed E-state index contributed by atoms with van der Waals surface area (Å²) in [6, 6.07) is 11.7. The summed E-state index contributed by atoms with van der Waals surface area (Å²) in [6.07, 6.45) is 7.42. The highest BCUT2D eigenvalue weighted by Gasteiger charge is 2.46. The van der Waals surface area contributed by atoms with E-state index in [1.807, 2.05) is 48.3 Å². The number of nitrogens with zero attached hydrogens (tertiary/aromatic N) is 8. The van der Waals surface area contributed by atoms with Crippen molar-refractivity contribution in [2.75, 3.05) is 19.6 Å². The minimum absolute atomic E-state index is 0.0711. The average molecular weight is 830 g/mol. The zero-order valence-electron chi connectivity index (χ0n) is 32.5. The Balaban J connectivity index is 0.777. The minimum atomic E-state index is -1.01. The number of carbonyl (C=O) groups is 4. The number of nitrogens with one attached hydrogen (secondary N) is 1. The van der Waals surface area contributed by atoms with Gasteiger partial charge < -0.3 is 9.64 Å². The summed E-state index contributed by atoms with van der Waals surface area (Å²) in [5.74, 6) is 6.58. The van der Waals surface area contributed by atoms with Gasteiger partial charge in [-0.25, -0.2) is 0 Å². The number of hydrogen-bond donors (Lipinski definition) is 1. The van der Waals surface area contributed by atoms with E-state index in [-0.39, 0.29) is 30.1 Å². The average Bonchev–Trinajstić information content (AvgIpc) is 3.96. The predicted molar refractivity (Wildman–Crippen MR) is 220 cm³/mol. The van der Waals surface area contributed by atoms with E-state index in [9.17, 15) is 19.2 Å². The lowest BCUT2D eigenvalue weighted by molar-refractivity contribution is -0.136. The maximum absolute atomic E-state index is 13.5. The molecule has 2 fully saturated rings. The van der Waals surface area contributed by atoms with Crippen LogP contribution in [0.5, 0.6) is 5.75 Å². The molecule has 1 unspecified atom stereocenters. The van der Waals surface area contributed by atoms with Crippen molar-refractivity contribution in [3.63, 3.8) is 0 Å². The molecular formula is C43H40ClN9O5S. The third-order valence-corrected chi connectivity index (χ3v) is 12.7. The Morgan fingerprint density at radius 2 is 1.73 bits per heavy atom. The van der Waals surface area contributed by atoms with Crippen molar-refractivity contribution in [1.82, 2.24) is 39.7 Å². The van der Waals surface area contributed by atoms with Crippen LogP contribution in [-0.4, -0.2) is 95.5 Å². The highest BCUT2D eigenvalue weighted by molar-refractivity contribution is 7.15. The Bertz CT molecular complexity index is 2610. The number of halogens is 1. The minimum Gasteiger partial charge on any atom is -0.489 e. The third-order valence-electron chi connectivity index (χ3n) is 11.3. The van der Waals surface area contributed by atoms with Crippen molar-refractivity contribution in [2.24, 2.45) is 4.99 Å². The first-order valence-electron chi connectivity index (χ1n) is 19.8. The van der Waals surface area contributed by atoms with E-state index in [2.05, 4.69) is 48.8 Å². The molecule has 0 aliphatic carbocycles. The van der Waals surface area contributed by atoms with Crippen molar-refractivity contribution in [3.8, 4) is 22.6 Å². The van der Waals surface area contributed by atoms with Crippen LogP contribution in [0.25, 0.3) is 5.00 Å². The number of piperidine rings is 2. The summed E-state index contributed by atoms with van der Waals surface area (Å²) in [6.45, 7) is 7.92. The van der Waals surface area contributed by atoms with Crippen molar-refractivity contribution < 1.29 is 23.9 Å². The Hall–Kier alpha value is -5.95. The summed E-state index contributed by atoms with van der Waals surface area (Å²) in [5.41, 5.74) is 5.23. The molecule has 1 atom stereocenters. The highest BCUT2D eigenvalue weighted by atomic mass is 35.5. The van der Waals surface area contributed by atoms with Gasteiger partial charge in [0.25, 0.3) is 11.8 Å². The molecule has 0 bridgehead atoms. The molecule has 4 aliphatic heterocycles. The van der Waals surface area contributed by atoms with Crippen molar-refractivity contribution >= 4 is 52.3 Å². The number of aliphatic imine (C=N–C) groups is 1. The van der Waals surface area contributed by atoms with Crippen LogP contribution in [0.3, 0.4) is 0 Å². The van der Waals surface area contributed by atoms with Gasteiger partial charge in [-0.1, -0.05) is 41.6 Å². The summed E-state index contributed by atoms with van der Waals surface area (Å²) in [7, 11) is 0. The van der Waals surface area contributed by atoms with Gasteiger partial charge in [0.15, 0.2) is 5.82 Å². The Morgan fingerprint density at radius 1 is 0.932 bits per heavy atom. The molecule has 0 saturated carbocycles. The third kappa shape index (κ3) is 7.48. The molecule has 4 aliphatic rings. The standard InChI is InChI=1S/C43H40ClN9O5S/c1-25-34(59-43-37(25)39(28-9-11-29(44)12-10-28)45-23-35-49-48-26(2)52(35)43)14-8-27-22-46-51(24-27)19-4-3-18-50-20-16-30(17-21-50)58-33-7-5-6-31-38(33)42(57)53(41(31)56)32-13-15-36(54)47-40(32)55/h5-7,9-12,22,24,30,32H,3-4,13,15-21,23H2,1-2H3,(H,47,54,55). The molecule has 9 rings (SSSR count). The van der Waals surface area contributed by atoms with Crippen LogP contribution >= 0.6 is 22.9 Å². The van der Waals surface area contributed by atoms with Crippen LogP contribution in [-0.2, 0) is 22.7 Å². The number of aryl methyl sites for hydroxylation is 2. The first-order valence-corrected chi connectivity index (χ1v) is 21.0. The largest absolute Gasteiger partial charge is 0.489 e. The molecular weight excluding hydrogens is 790 g/mol. The lowest BCUT2D eigenvalue weighted by Gasteiger charge is -2.32. The molecule has 7 heterocycles. The van der Waals surface area contributed by atoms with E-state index in [1.54, 1.807) is 29.5 Å². The van der Waals surface area contributed by atoms with Crippen molar-refractivity contribution in [3.05, 3.63) is 110 Å². The summed E-state index contributed by atoms with van der Waals surface area (Å²) in [4.78, 5) is 60.2. The molecule has 2 aromatic carbocycles. The Labute approximate surface area is 349 Å². The molecule has 14 nitrogen and oxygen atoms in total. The number of aromatic nitrogens is 5. The molecule has 0 spiro atoms. The summed E-state index contributed by atoms with van der Waals surface area (Å²) >= 11 is 7.83. The second-order valence-electron chi connectivity index (χ2n) is 15.1. The zero-order valence-corrected chi connectivity index (χ0v) is 34.1. The van der Waals surface area contributed by atoms with Gasteiger partial charge in [0.2, 0.25) is 11.8 Å². The molecule has 5 aromatic rings. The fraction of sp³-hybridized carbons (Fsp3) is 0.349. The molecule has 3 aromatic heterocycles. The van der Waals surface area contributed by atoms with Gasteiger partial charge in [-0.05, 0) is 82.3 Å². The van der Waals surface area contributed by atoms with Crippen LogP contribution < -0.4 is 10.1 Å². The maximum Gasteiger partial charge on any atom is 0.266 e. The van der Waals surface area contributed by atoms with Crippen LogP contribution in [0.2, 0.25) is 5.02 Å². The van der Waals surface area contributed by atoms with Crippen LogP contribution in [0.4, 0.5) is 0 Å². The van der Waals surface area contributed by atoms with Crippen LogP contribution in [0.1, 0.15) is 98.0 Å². The van der Waals surface area contributed by atoms with Gasteiger partial charge >= 0.3 is 0 Å². The number of hydrogen-bond acceptors (Lipinski definition) is 11. The SMILES string of the molecule is Cc1c(C#Cc2cnn(CCCCN3CCC(Oc4cccc5c4C(=O)N(C4CCC(=O)NC4=O)C5=O)CC3)c2)sc2c1C(c1ccc(Cl)cc1)=NCc1nnc(C)n1-2. The molecule has 59 heavy (non-hydrogen) atoms. The first-order chi connectivity index (χ1) is 28.6. The highest BCUT2D eigenvalue weighted by Crippen LogP contribution is 2.37. The Kier molecular flexibility index (Phi) is 10.5. The lowest BCUT2D eigenvalue weighted by atomic mass is 10.00. The second kappa shape index (κ2) is 16.0. The Morgan fingerprint density at radius 3 is 2.53 bits per heavy atom. The van der Waals surface area contributed by atoms with Crippen molar-refractivity contribution in [1.29, 1.82) is 0 Å². The molecule has 16 heteroatoms. The number of benzene rings is 2. The van der Waals surface area contributed by atoms with Gasteiger partial charge in [0, 0.05) is 48.4 Å². The van der Waals surface area contributed by atoms with Gasteiger partial charge in [-0.15, -0.1) is 21.5 Å². The number of amides is 4. The molecule has 2 saturated heterocycles. The first kappa shape index (κ1) is 38.6. The quantitative estimate of drug-likeness (QED) is 0.119. The molecule has 300 valence electrons. The van der Waals surface area contributed by atoms with Crippen molar-refractivity contribution in [2.45, 2.75) is 77.6 Å². The van der Waals surface area contributed by atoms with E-state index in [1.165, 1.54) is 0 Å². The van der Waals surface area contributed by atoms with Gasteiger partial charge in [0.1, 0.15) is 35.3 Å². The molecule has 4 amide bonds. The zero-order chi connectivity index (χ0) is 40.8. The number of likely N-dealkylation sites (tertiary alicyclic amines) is 1. The molecule has 1 N–H and O–H groups in total. The fourth-order valence-electron chi connectivity index (χ4n) is 8.20. The van der Waals surface area contributed by atoms with E-state index in [0.29, 0.717) is 17.3 Å². The topological polar surface area (TPSA) is 157 Å². The van der Waals surface area contributed by atoms with E-state index >= 15 is 0 Å². The van der Waals surface area contributed by atoms with Gasteiger partial charge in [0.05, 0.1) is 33.5 Å². The molecule has 0 radical (unpaired) electrons. The number of rotatable bonds is 9. The lowest BCUT2D eigenvalue weighted by Crippen LogP contribution is -2.54. The number of imide groups is 2. The predicted octanol–water partition coefficient (Wildman–Crippen LogP) is 5.27. The van der Waals surface area contributed by atoms with Crippen LogP contribution in [0, 0.1) is 25.7 Å². The number of ether oxygens (including phenoxy) is 1. The smallest absolute Gasteiger partial charge is 0.266 e. The summed E-state index contributed by atoms with van der Waals surface area (Å²) in [5, 5.41) is 17.2. The number of fused-ring (bicyclic) bond motifs is 4. The monoisotopic (exact) mass is 829 g/mol. The van der Waals surface area contributed by atoms with Gasteiger partial charge in [-0.2, -0.15) is 5.10 Å². The van der Waals surface area contributed by atoms with Crippen LogP contribution in [0.15, 0.2) is 59.9 Å². The van der Waals surface area contributed by atoms with E-state index < -0.39 is 29.7 Å². The number of carbonyl (C=O) groups excluding carboxylic acids is 4. The maximum atomic E-state index is 13.5. The number of unbranched alkanes of at least 4 members (excludes halogenated alkanes) is 1. The number of thiophene rings is 1. The summed E-state index contributed by atoms with van der Waals surface area (Å²) < 4.78 is 10.4.